The second-order valence-electron chi connectivity index (χ2n) is 8.04. The van der Waals surface area contributed by atoms with Gasteiger partial charge in [-0.05, 0) is 24.1 Å². The number of hydrogen-bond donors (Lipinski definition) is 5. The van der Waals surface area contributed by atoms with Crippen molar-refractivity contribution in [1.82, 2.24) is 19.7 Å². The molecule has 0 radical (unpaired) electrons. The highest BCUT2D eigenvalue weighted by atomic mass is 35.5. The molecule has 2 aromatic heterocycles. The molecule has 4 rings (SSSR count). The Labute approximate surface area is 199 Å². The van der Waals surface area contributed by atoms with Gasteiger partial charge in [-0.2, -0.15) is 15.1 Å². The first-order valence-corrected chi connectivity index (χ1v) is 12.6. The maximum Gasteiger partial charge on any atom is 0.350 e. The van der Waals surface area contributed by atoms with E-state index < -0.39 is 38.4 Å². The number of benzene rings is 1. The molecule has 5 N–H and O–H groups in total. The number of aromatic nitrogens is 4. The molecule has 0 spiro atoms. The van der Waals surface area contributed by atoms with Gasteiger partial charge in [0.05, 0.1) is 24.7 Å². The number of hydrogen-bond acceptors (Lipinski definition) is 9. The molecule has 34 heavy (non-hydrogen) atoms. The smallest absolute Gasteiger partial charge is 0.350 e. The van der Waals surface area contributed by atoms with E-state index in [1.54, 1.807) is 6.20 Å². The fourth-order valence-corrected chi connectivity index (χ4v) is 4.28. The van der Waals surface area contributed by atoms with Gasteiger partial charge in [-0.1, -0.05) is 30.3 Å². The van der Waals surface area contributed by atoms with Crippen LogP contribution in [-0.4, -0.2) is 77.1 Å². The third-order valence-corrected chi connectivity index (χ3v) is 6.17. The van der Waals surface area contributed by atoms with E-state index in [9.17, 15) is 14.8 Å². The molecule has 0 aliphatic carbocycles. The van der Waals surface area contributed by atoms with E-state index in [1.165, 1.54) is 4.68 Å². The Balaban J connectivity index is 1.49. The fraction of sp³-hybridized carbons (Fsp3) is 0.450. The molecule has 0 bridgehead atoms. The highest BCUT2D eigenvalue weighted by molar-refractivity contribution is 7.51. The maximum atomic E-state index is 10.9. The van der Waals surface area contributed by atoms with Gasteiger partial charge in [0.2, 0.25) is 5.28 Å². The lowest BCUT2D eigenvalue weighted by Crippen LogP contribution is -2.35. The Bertz CT molecular complexity index is 1180. The van der Waals surface area contributed by atoms with Crippen LogP contribution in [0.3, 0.4) is 0 Å². The molecule has 1 saturated heterocycles. The van der Waals surface area contributed by atoms with E-state index in [0.29, 0.717) is 16.9 Å². The second-order valence-corrected chi connectivity index (χ2v) is 9.97. The second kappa shape index (κ2) is 10.2. The summed E-state index contributed by atoms with van der Waals surface area (Å²) in [6, 6.07) is 9.74. The van der Waals surface area contributed by atoms with Gasteiger partial charge in [0.25, 0.3) is 0 Å². The molecule has 12 nitrogen and oxygen atoms in total. The normalized spacial score (nSPS) is 23.9. The molecule has 184 valence electrons. The number of nitrogens with one attached hydrogen (secondary N) is 1. The molecule has 0 amide bonds. The van der Waals surface area contributed by atoms with Gasteiger partial charge >= 0.3 is 7.60 Å². The monoisotopic (exact) mass is 513 g/mol. The zero-order valence-electron chi connectivity index (χ0n) is 18.1. The molecule has 3 heterocycles. The van der Waals surface area contributed by atoms with Crippen LogP contribution >= 0.6 is 19.2 Å². The van der Waals surface area contributed by atoms with Gasteiger partial charge in [-0.25, -0.2) is 4.68 Å². The number of ether oxygens (including phenoxy) is 2. The SMILES string of the molecule is C[C@H](Nc1nc(Cl)nc2c1cnn2C[C@H]1O[C@H](COCP(=O)(O)O)[C@@H](O)[C@H]1O)c1ccccc1. The van der Waals surface area contributed by atoms with Gasteiger partial charge in [0, 0.05) is 6.04 Å². The summed E-state index contributed by atoms with van der Waals surface area (Å²) in [4.78, 5) is 26.3. The molecule has 14 heteroatoms. The van der Waals surface area contributed by atoms with Crippen LogP contribution in [0, 0.1) is 0 Å². The summed E-state index contributed by atoms with van der Waals surface area (Å²) in [5.41, 5.74) is 1.47. The standard InChI is InChI=1S/C20H25ClN5O7P/c1-11(12-5-3-2-4-6-12)23-18-13-7-22-26(19(13)25-20(21)24-18)8-14-16(27)17(28)15(33-14)9-32-10-34(29,30)31/h2-7,11,14-17,27-28H,8-10H2,1H3,(H,23,24,25)(H2,29,30,31)/t11-,14+,15+,16-,17+/m0/s1. The first kappa shape index (κ1) is 25.0. The number of halogens is 1. The zero-order valence-corrected chi connectivity index (χ0v) is 19.8. The summed E-state index contributed by atoms with van der Waals surface area (Å²) in [6.07, 6.45) is -3.63. The molecule has 1 aliphatic rings. The topological polar surface area (TPSA) is 172 Å². The van der Waals surface area contributed by atoms with Crippen LogP contribution in [0.25, 0.3) is 11.0 Å². The summed E-state index contributed by atoms with van der Waals surface area (Å²) in [7, 11) is -4.35. The van der Waals surface area contributed by atoms with Gasteiger partial charge < -0.3 is 34.8 Å². The summed E-state index contributed by atoms with van der Waals surface area (Å²) in [5.74, 6) is 0.495. The molecule has 0 saturated carbocycles. The van der Waals surface area contributed by atoms with E-state index in [-0.39, 0.29) is 24.5 Å². The molecule has 5 atom stereocenters. The lowest BCUT2D eigenvalue weighted by Gasteiger charge is -2.16. The maximum absolute atomic E-state index is 10.9. The van der Waals surface area contributed by atoms with E-state index in [1.807, 2.05) is 37.3 Å². The van der Waals surface area contributed by atoms with Crippen LogP contribution in [0.2, 0.25) is 5.28 Å². The fourth-order valence-electron chi connectivity index (χ4n) is 3.77. The van der Waals surface area contributed by atoms with Crippen LogP contribution in [0.1, 0.15) is 18.5 Å². The van der Waals surface area contributed by atoms with E-state index in [4.69, 9.17) is 30.9 Å². The largest absolute Gasteiger partial charge is 0.388 e. The summed E-state index contributed by atoms with van der Waals surface area (Å²) in [6.45, 7) is 1.73. The van der Waals surface area contributed by atoms with Crippen molar-refractivity contribution in [3.8, 4) is 0 Å². The minimum absolute atomic E-state index is 0.00801. The van der Waals surface area contributed by atoms with Gasteiger partial charge in [-0.3, -0.25) is 4.57 Å². The quantitative estimate of drug-likeness (QED) is 0.206. The average Bonchev–Trinajstić information content (AvgIpc) is 3.30. The van der Waals surface area contributed by atoms with Crippen LogP contribution in [0.4, 0.5) is 5.82 Å². The van der Waals surface area contributed by atoms with Crippen molar-refractivity contribution in [1.29, 1.82) is 0 Å². The average molecular weight is 514 g/mol. The third-order valence-electron chi connectivity index (χ3n) is 5.48. The van der Waals surface area contributed by atoms with Crippen molar-refractivity contribution in [3.63, 3.8) is 0 Å². The number of fused-ring (bicyclic) bond motifs is 1. The molecule has 3 aromatic rings. The Morgan fingerprint density at radius 2 is 1.91 bits per heavy atom. The number of aliphatic hydroxyl groups excluding tert-OH is 2. The zero-order chi connectivity index (χ0) is 24.5. The molecular weight excluding hydrogens is 489 g/mol. The Kier molecular flexibility index (Phi) is 7.51. The van der Waals surface area contributed by atoms with Crippen LogP contribution < -0.4 is 5.32 Å². The number of aliphatic hydroxyl groups is 2. The predicted molar refractivity (Wildman–Crippen MR) is 122 cm³/mol. The van der Waals surface area contributed by atoms with Crippen molar-refractivity contribution in [2.24, 2.45) is 0 Å². The van der Waals surface area contributed by atoms with Gasteiger partial charge in [-0.15, -0.1) is 0 Å². The number of anilines is 1. The first-order chi connectivity index (χ1) is 16.1. The van der Waals surface area contributed by atoms with Crippen molar-refractivity contribution >= 4 is 36.0 Å². The molecule has 1 aromatic carbocycles. The molecule has 1 fully saturated rings. The lowest BCUT2D eigenvalue weighted by atomic mass is 10.1. The van der Waals surface area contributed by atoms with Crippen molar-refractivity contribution in [2.75, 3.05) is 18.3 Å². The Morgan fingerprint density at radius 3 is 2.62 bits per heavy atom. The van der Waals surface area contributed by atoms with E-state index in [0.717, 1.165) is 5.56 Å². The van der Waals surface area contributed by atoms with Crippen molar-refractivity contribution in [3.05, 3.63) is 47.4 Å². The van der Waals surface area contributed by atoms with Crippen molar-refractivity contribution < 1.29 is 34.0 Å². The van der Waals surface area contributed by atoms with Crippen molar-refractivity contribution in [2.45, 2.75) is 43.9 Å². The number of nitrogens with zero attached hydrogens (tertiary/aromatic N) is 4. The van der Waals surface area contributed by atoms with Gasteiger partial charge in [0.15, 0.2) is 5.65 Å². The van der Waals surface area contributed by atoms with E-state index >= 15 is 0 Å². The van der Waals surface area contributed by atoms with Crippen LogP contribution in [0.15, 0.2) is 36.5 Å². The summed E-state index contributed by atoms with van der Waals surface area (Å²) < 4.78 is 23.0. The van der Waals surface area contributed by atoms with E-state index in [2.05, 4.69) is 20.4 Å². The number of rotatable bonds is 9. The first-order valence-electron chi connectivity index (χ1n) is 10.5. The third kappa shape index (κ3) is 5.73. The summed E-state index contributed by atoms with van der Waals surface area (Å²) >= 11 is 6.16. The highest BCUT2D eigenvalue weighted by Crippen LogP contribution is 2.34. The Hall–Kier alpha value is -2.15. The predicted octanol–water partition coefficient (Wildman–Crippen LogP) is 1.29. The van der Waals surface area contributed by atoms with Crippen LogP contribution in [-0.2, 0) is 20.6 Å². The molecular formula is C20H25ClN5O7P. The molecule has 1 aliphatic heterocycles. The Morgan fingerprint density at radius 1 is 1.21 bits per heavy atom. The lowest BCUT2D eigenvalue weighted by molar-refractivity contribution is -0.0421. The van der Waals surface area contributed by atoms with Crippen LogP contribution in [0.5, 0.6) is 0 Å². The molecule has 0 unspecified atom stereocenters. The highest BCUT2D eigenvalue weighted by Gasteiger charge is 2.43. The summed E-state index contributed by atoms with van der Waals surface area (Å²) in [5, 5.41) is 28.9. The minimum atomic E-state index is -4.35. The minimum Gasteiger partial charge on any atom is -0.388 e. The van der Waals surface area contributed by atoms with Gasteiger partial charge in [0.1, 0.15) is 36.6 Å².